The molecule has 5 rings (SSSR count). The van der Waals surface area contributed by atoms with Crippen molar-refractivity contribution in [3.05, 3.63) is 113 Å². The van der Waals surface area contributed by atoms with Gasteiger partial charge in [0, 0.05) is 18.2 Å². The number of carbonyl (C=O) groups excluding carboxylic acids is 1. The minimum absolute atomic E-state index is 0.147. The lowest BCUT2D eigenvalue weighted by atomic mass is 10.1. The molecule has 0 saturated carbocycles. The first kappa shape index (κ1) is 27.3. The van der Waals surface area contributed by atoms with Gasteiger partial charge < -0.3 is 14.2 Å². The van der Waals surface area contributed by atoms with Gasteiger partial charge in [-0.15, -0.1) is 5.10 Å². The number of amidine groups is 1. The van der Waals surface area contributed by atoms with Crippen LogP contribution in [0.3, 0.4) is 0 Å². The van der Waals surface area contributed by atoms with E-state index in [-0.39, 0.29) is 5.78 Å². The summed E-state index contributed by atoms with van der Waals surface area (Å²) in [6.45, 7) is 4.44. The van der Waals surface area contributed by atoms with Crippen molar-refractivity contribution in [2.75, 3.05) is 23.6 Å². The maximum absolute atomic E-state index is 12.9. The fraction of sp³-hybridized carbons (Fsp3) is 0.188. The molecule has 1 aliphatic heterocycles. The highest BCUT2D eigenvalue weighted by molar-refractivity contribution is 9.10. The highest BCUT2D eigenvalue weighted by atomic mass is 79.9. The van der Waals surface area contributed by atoms with Gasteiger partial charge in [-0.3, -0.25) is 9.69 Å². The number of methoxy groups -OCH3 is 1. The van der Waals surface area contributed by atoms with Crippen LogP contribution in [0.25, 0.3) is 0 Å². The van der Waals surface area contributed by atoms with Gasteiger partial charge in [-0.2, -0.15) is 0 Å². The van der Waals surface area contributed by atoms with E-state index in [1.807, 2.05) is 114 Å². The van der Waals surface area contributed by atoms with Crippen LogP contribution < -0.4 is 24.1 Å². The van der Waals surface area contributed by atoms with Crippen molar-refractivity contribution >= 4 is 38.9 Å². The minimum Gasteiger partial charge on any atom is -0.494 e. The molecule has 0 spiro atoms. The molecule has 0 aliphatic carbocycles. The second-order valence-electron chi connectivity index (χ2n) is 9.14. The first-order valence-corrected chi connectivity index (χ1v) is 13.8. The Balaban J connectivity index is 1.59. The average Bonchev–Trinajstić information content (AvgIpc) is 3.39. The average molecular weight is 601 g/mol. The number of hydrogen-bond donors (Lipinski definition) is 0. The fourth-order valence-corrected chi connectivity index (χ4v) is 5.21. The van der Waals surface area contributed by atoms with E-state index >= 15 is 0 Å². The van der Waals surface area contributed by atoms with Gasteiger partial charge in [0.15, 0.2) is 29.3 Å². The second kappa shape index (κ2) is 12.3. The maximum Gasteiger partial charge on any atom is 0.198 e. The van der Waals surface area contributed by atoms with Gasteiger partial charge in [0.25, 0.3) is 0 Å². The zero-order valence-electron chi connectivity index (χ0n) is 22.6. The largest absolute Gasteiger partial charge is 0.494 e. The third-order valence-electron chi connectivity index (χ3n) is 6.44. The number of ether oxygens (including phenoxy) is 3. The molecule has 0 amide bonds. The van der Waals surface area contributed by atoms with Crippen molar-refractivity contribution in [3.63, 3.8) is 0 Å². The predicted molar refractivity (Wildman–Crippen MR) is 161 cm³/mol. The number of ketones is 1. The number of nitrogens with zero attached hydrogens (tertiary/aromatic N) is 3. The molecular formula is C32H30BrN3O4. The SMILES string of the molecule is CCOc1ccc(N2C(C(C)=O)=NN(c3ccccc3)[C@@H]2c2cc(Br)c(OCc3ccccc3)c(OC)c2)cc1. The Morgan fingerprint density at radius 2 is 1.57 bits per heavy atom. The summed E-state index contributed by atoms with van der Waals surface area (Å²) in [7, 11) is 1.62. The molecule has 1 aliphatic rings. The molecule has 0 saturated heterocycles. The van der Waals surface area contributed by atoms with Gasteiger partial charge in [0.1, 0.15) is 12.4 Å². The van der Waals surface area contributed by atoms with Gasteiger partial charge >= 0.3 is 0 Å². The van der Waals surface area contributed by atoms with Crippen molar-refractivity contribution < 1.29 is 19.0 Å². The van der Waals surface area contributed by atoms with Crippen LogP contribution in [0.5, 0.6) is 17.2 Å². The monoisotopic (exact) mass is 599 g/mol. The van der Waals surface area contributed by atoms with Crippen LogP contribution >= 0.6 is 15.9 Å². The van der Waals surface area contributed by atoms with Crippen LogP contribution in [0.4, 0.5) is 11.4 Å². The lowest BCUT2D eigenvalue weighted by Gasteiger charge is -2.32. The number of para-hydroxylation sites is 1. The Morgan fingerprint density at radius 1 is 0.900 bits per heavy atom. The normalized spacial score (nSPS) is 14.6. The van der Waals surface area contributed by atoms with E-state index in [2.05, 4.69) is 15.9 Å². The van der Waals surface area contributed by atoms with E-state index in [1.54, 1.807) is 7.11 Å². The Labute approximate surface area is 242 Å². The summed E-state index contributed by atoms with van der Waals surface area (Å²) in [5, 5.41) is 6.68. The van der Waals surface area contributed by atoms with E-state index in [0.29, 0.717) is 30.5 Å². The number of carbonyl (C=O) groups is 1. The number of Topliss-reactive ketones (excluding diaryl/α,β-unsaturated/α-hetero) is 1. The van der Waals surface area contributed by atoms with Crippen molar-refractivity contribution in [1.29, 1.82) is 0 Å². The molecular weight excluding hydrogens is 570 g/mol. The number of halogens is 1. The van der Waals surface area contributed by atoms with Crippen LogP contribution in [-0.4, -0.2) is 25.3 Å². The standard InChI is InChI=1S/C32H30BrN3O4/c1-4-39-27-17-15-25(16-18-27)35-31(22(2)37)34-36(26-13-9-6-10-14-26)32(35)24-19-28(33)30(29(20-24)38-3)40-21-23-11-7-5-8-12-23/h5-20,32H,4,21H2,1-3H3/t32-/m1/s1. The Bertz CT molecular complexity index is 1490. The summed E-state index contributed by atoms with van der Waals surface area (Å²) in [4.78, 5) is 14.9. The van der Waals surface area contributed by atoms with E-state index in [0.717, 1.165) is 32.7 Å². The number of anilines is 2. The van der Waals surface area contributed by atoms with E-state index < -0.39 is 6.17 Å². The first-order valence-electron chi connectivity index (χ1n) is 13.0. The van der Waals surface area contributed by atoms with E-state index in [9.17, 15) is 4.79 Å². The third-order valence-corrected chi connectivity index (χ3v) is 7.03. The van der Waals surface area contributed by atoms with E-state index in [4.69, 9.17) is 19.3 Å². The molecule has 1 heterocycles. The first-order chi connectivity index (χ1) is 19.5. The molecule has 0 fully saturated rings. The molecule has 0 N–H and O–H groups in total. The highest BCUT2D eigenvalue weighted by Crippen LogP contribution is 2.44. The molecule has 0 unspecified atom stereocenters. The molecule has 4 aromatic carbocycles. The van der Waals surface area contributed by atoms with Gasteiger partial charge in [0.05, 0.1) is 23.9 Å². The van der Waals surface area contributed by atoms with Gasteiger partial charge in [0.2, 0.25) is 0 Å². The second-order valence-corrected chi connectivity index (χ2v) is 9.99. The summed E-state index contributed by atoms with van der Waals surface area (Å²) >= 11 is 3.72. The molecule has 40 heavy (non-hydrogen) atoms. The minimum atomic E-state index is -0.479. The van der Waals surface area contributed by atoms with Crippen molar-refractivity contribution in [3.8, 4) is 17.2 Å². The molecule has 1 atom stereocenters. The molecule has 0 bridgehead atoms. The van der Waals surface area contributed by atoms with Crippen LogP contribution in [0.2, 0.25) is 0 Å². The van der Waals surface area contributed by atoms with E-state index in [1.165, 1.54) is 6.92 Å². The predicted octanol–water partition coefficient (Wildman–Crippen LogP) is 7.36. The Hall–Kier alpha value is -4.30. The summed E-state index contributed by atoms with van der Waals surface area (Å²) in [6.07, 6.45) is -0.479. The highest BCUT2D eigenvalue weighted by Gasteiger charge is 2.40. The molecule has 7 nitrogen and oxygen atoms in total. The zero-order chi connectivity index (χ0) is 28.1. The van der Waals surface area contributed by atoms with Gasteiger partial charge in [-0.1, -0.05) is 48.5 Å². The van der Waals surface area contributed by atoms with Crippen LogP contribution in [-0.2, 0) is 11.4 Å². The number of hydrogen-bond acceptors (Lipinski definition) is 7. The van der Waals surface area contributed by atoms with Crippen molar-refractivity contribution in [2.24, 2.45) is 5.10 Å². The molecule has 0 aromatic heterocycles. The van der Waals surface area contributed by atoms with Crippen molar-refractivity contribution in [1.82, 2.24) is 0 Å². The fourth-order valence-electron chi connectivity index (χ4n) is 4.63. The number of benzene rings is 4. The maximum atomic E-state index is 12.9. The van der Waals surface area contributed by atoms with Crippen LogP contribution in [0.15, 0.2) is 107 Å². The molecule has 204 valence electrons. The smallest absolute Gasteiger partial charge is 0.198 e. The third kappa shape index (κ3) is 5.67. The van der Waals surface area contributed by atoms with Gasteiger partial charge in [-0.05, 0) is 76.9 Å². The zero-order valence-corrected chi connectivity index (χ0v) is 24.2. The summed E-state index contributed by atoms with van der Waals surface area (Å²) in [5.41, 5.74) is 3.56. The summed E-state index contributed by atoms with van der Waals surface area (Å²) in [5.74, 6) is 2.10. The lowest BCUT2D eigenvalue weighted by Crippen LogP contribution is -2.37. The topological polar surface area (TPSA) is 63.6 Å². The number of rotatable bonds is 10. The Morgan fingerprint density at radius 3 is 2.20 bits per heavy atom. The summed E-state index contributed by atoms with van der Waals surface area (Å²) in [6, 6.07) is 31.4. The van der Waals surface area contributed by atoms with Crippen LogP contribution in [0, 0.1) is 0 Å². The lowest BCUT2D eigenvalue weighted by molar-refractivity contribution is -0.111. The Kier molecular flexibility index (Phi) is 8.36. The quantitative estimate of drug-likeness (QED) is 0.190. The van der Waals surface area contributed by atoms with Gasteiger partial charge in [-0.25, -0.2) is 5.01 Å². The van der Waals surface area contributed by atoms with Crippen LogP contribution in [0.1, 0.15) is 31.1 Å². The summed E-state index contributed by atoms with van der Waals surface area (Å²) < 4.78 is 18.4. The van der Waals surface area contributed by atoms with Crippen molar-refractivity contribution in [2.45, 2.75) is 26.6 Å². The number of hydrazone groups is 1. The molecule has 8 heteroatoms. The molecule has 4 aromatic rings. The molecule has 0 radical (unpaired) electrons.